The van der Waals surface area contributed by atoms with E-state index in [0.29, 0.717) is 0 Å². The number of nitrogens with zero attached hydrogens (tertiary/aromatic N) is 2. The van der Waals surface area contributed by atoms with Gasteiger partial charge in [-0.1, -0.05) is 217 Å². The Bertz CT molecular complexity index is 3350. The molecule has 11 aromatic carbocycles. The third-order valence-corrected chi connectivity index (χ3v) is 13.2. The minimum atomic E-state index is 1.09. The van der Waals surface area contributed by atoms with E-state index in [2.05, 4.69) is 303 Å². The van der Waals surface area contributed by atoms with E-state index in [1.807, 2.05) is 0 Å². The Morgan fingerprint density at radius 2 is 0.343 bits per heavy atom. The molecule has 0 saturated heterocycles. The third kappa shape index (κ3) is 9.45. The summed E-state index contributed by atoms with van der Waals surface area (Å²) in [5.41, 5.74) is 23.5. The van der Waals surface area contributed by atoms with Gasteiger partial charge in [0, 0.05) is 34.1 Å². The normalized spacial score (nSPS) is 11.0. The van der Waals surface area contributed by atoms with Crippen molar-refractivity contribution in [3.63, 3.8) is 0 Å². The summed E-state index contributed by atoms with van der Waals surface area (Å²) in [7, 11) is 0. The van der Waals surface area contributed by atoms with E-state index in [9.17, 15) is 0 Å². The maximum Gasteiger partial charge on any atom is 0.0462 e. The molecular formula is C68H52N2. The molecule has 0 heterocycles. The molecule has 0 aliphatic carbocycles. The molecule has 0 atom stereocenters. The smallest absolute Gasteiger partial charge is 0.0462 e. The van der Waals surface area contributed by atoms with Crippen LogP contribution in [0, 0.1) is 13.8 Å². The SMILES string of the molecule is Cc1cc(C)cc(-c2ccc(-c3ccc(N(c4ccc(-c5ccccc5)cc4)c4ccc(-c5ccc(N(c6ccc(-c7ccccc7)cc6)c6ccc(-c7ccccc7)cc6)cc5)cc4)cc3)cc2)c1. The Labute approximate surface area is 412 Å². The Kier molecular flexibility index (Phi) is 12.3. The van der Waals surface area contributed by atoms with Crippen LogP contribution in [0.1, 0.15) is 11.1 Å². The lowest BCUT2D eigenvalue weighted by Crippen LogP contribution is -2.10. The van der Waals surface area contributed by atoms with E-state index in [1.54, 1.807) is 0 Å². The Morgan fingerprint density at radius 3 is 0.557 bits per heavy atom. The van der Waals surface area contributed by atoms with Gasteiger partial charge in [0.25, 0.3) is 0 Å². The van der Waals surface area contributed by atoms with Crippen molar-refractivity contribution in [3.8, 4) is 66.8 Å². The Hall–Kier alpha value is -8.98. The molecule has 0 spiro atoms. The number of rotatable bonds is 12. The molecule has 2 heteroatoms. The van der Waals surface area contributed by atoms with Crippen LogP contribution in [0.25, 0.3) is 66.8 Å². The summed E-state index contributed by atoms with van der Waals surface area (Å²) in [5, 5.41) is 0. The first-order valence-electron chi connectivity index (χ1n) is 24.1. The Balaban J connectivity index is 0.889. The van der Waals surface area contributed by atoms with Crippen LogP contribution in [0.3, 0.4) is 0 Å². The summed E-state index contributed by atoms with van der Waals surface area (Å²) in [6.45, 7) is 4.32. The van der Waals surface area contributed by atoms with Crippen molar-refractivity contribution in [2.24, 2.45) is 0 Å². The topological polar surface area (TPSA) is 6.48 Å². The Morgan fingerprint density at radius 1 is 0.171 bits per heavy atom. The van der Waals surface area contributed by atoms with Crippen LogP contribution in [0.5, 0.6) is 0 Å². The van der Waals surface area contributed by atoms with Crippen molar-refractivity contribution in [1.29, 1.82) is 0 Å². The monoisotopic (exact) mass is 896 g/mol. The van der Waals surface area contributed by atoms with Crippen molar-refractivity contribution in [2.75, 3.05) is 9.80 Å². The average molecular weight is 897 g/mol. The zero-order valence-electron chi connectivity index (χ0n) is 39.5. The molecule has 0 aliphatic rings. The maximum absolute atomic E-state index is 2.35. The highest BCUT2D eigenvalue weighted by Crippen LogP contribution is 2.40. The van der Waals surface area contributed by atoms with Gasteiger partial charge in [0.05, 0.1) is 0 Å². The van der Waals surface area contributed by atoms with Crippen molar-refractivity contribution in [1.82, 2.24) is 0 Å². The predicted molar refractivity (Wildman–Crippen MR) is 298 cm³/mol. The van der Waals surface area contributed by atoms with Crippen molar-refractivity contribution >= 4 is 34.1 Å². The fraction of sp³-hybridized carbons (Fsp3) is 0.0294. The number of hydrogen-bond acceptors (Lipinski definition) is 2. The predicted octanol–water partition coefficient (Wildman–Crippen LogP) is 19.2. The maximum atomic E-state index is 2.35. The molecule has 0 fully saturated rings. The summed E-state index contributed by atoms with van der Waals surface area (Å²) in [4.78, 5) is 4.68. The van der Waals surface area contributed by atoms with Gasteiger partial charge < -0.3 is 9.80 Å². The first kappa shape index (κ1) is 43.6. The van der Waals surface area contributed by atoms with Gasteiger partial charge in [-0.2, -0.15) is 0 Å². The summed E-state index contributed by atoms with van der Waals surface area (Å²) in [5.74, 6) is 0. The zero-order chi connectivity index (χ0) is 47.2. The minimum absolute atomic E-state index is 1.09. The van der Waals surface area contributed by atoms with Gasteiger partial charge in [-0.25, -0.2) is 0 Å². The molecular weight excluding hydrogens is 845 g/mol. The van der Waals surface area contributed by atoms with E-state index in [1.165, 1.54) is 66.8 Å². The number of benzene rings is 11. The molecule has 0 unspecified atom stereocenters. The first-order chi connectivity index (χ1) is 34.5. The second-order valence-electron chi connectivity index (χ2n) is 18.0. The van der Waals surface area contributed by atoms with E-state index in [0.717, 1.165) is 45.3 Å². The standard InChI is InChI=1S/C68H52N2/c1-49-46-50(2)48-62(47-49)61-20-18-54(19-21-61)58-28-40-66(41-29-58)70(65-38-26-57(27-39-65)53-16-10-5-11-17-53)68-44-32-60(33-45-68)59-30-42-67(43-31-59)69(63-34-22-55(23-35-63)51-12-6-3-7-13-51)64-36-24-56(25-37-64)52-14-8-4-9-15-52/h3-48H,1-2H3. The van der Waals surface area contributed by atoms with E-state index in [4.69, 9.17) is 0 Å². The van der Waals surface area contributed by atoms with Gasteiger partial charge in [0.15, 0.2) is 0 Å². The highest BCUT2D eigenvalue weighted by atomic mass is 15.1. The number of aryl methyl sites for hydroxylation is 2. The minimum Gasteiger partial charge on any atom is -0.311 e. The lowest BCUT2D eigenvalue weighted by molar-refractivity contribution is 1.28. The summed E-state index contributed by atoms with van der Waals surface area (Å²) < 4.78 is 0. The molecule has 334 valence electrons. The molecule has 0 bridgehead atoms. The van der Waals surface area contributed by atoms with Gasteiger partial charge in [0.2, 0.25) is 0 Å². The second kappa shape index (κ2) is 19.7. The van der Waals surface area contributed by atoms with Crippen LogP contribution in [-0.2, 0) is 0 Å². The first-order valence-corrected chi connectivity index (χ1v) is 24.1. The van der Waals surface area contributed by atoms with Gasteiger partial charge in [-0.15, -0.1) is 0 Å². The molecule has 11 rings (SSSR count). The molecule has 70 heavy (non-hydrogen) atoms. The van der Waals surface area contributed by atoms with Crippen molar-refractivity contribution in [3.05, 3.63) is 290 Å². The van der Waals surface area contributed by atoms with Crippen LogP contribution >= 0.6 is 0 Å². The highest BCUT2D eigenvalue weighted by Gasteiger charge is 2.17. The zero-order valence-corrected chi connectivity index (χ0v) is 39.5. The van der Waals surface area contributed by atoms with Crippen LogP contribution in [0.4, 0.5) is 34.1 Å². The summed E-state index contributed by atoms with van der Waals surface area (Å²) in [6.07, 6.45) is 0. The molecule has 0 aromatic heterocycles. The van der Waals surface area contributed by atoms with Crippen molar-refractivity contribution in [2.45, 2.75) is 13.8 Å². The second-order valence-corrected chi connectivity index (χ2v) is 18.0. The fourth-order valence-corrected chi connectivity index (χ4v) is 9.60. The van der Waals surface area contributed by atoms with Gasteiger partial charge in [-0.3, -0.25) is 0 Å². The molecule has 11 aromatic rings. The molecule has 0 N–H and O–H groups in total. The van der Waals surface area contributed by atoms with Crippen LogP contribution in [0.2, 0.25) is 0 Å². The lowest BCUT2D eigenvalue weighted by atomic mass is 9.98. The molecule has 0 saturated carbocycles. The largest absolute Gasteiger partial charge is 0.311 e. The molecule has 2 nitrogen and oxygen atoms in total. The average Bonchev–Trinajstić information content (AvgIpc) is 3.43. The fourth-order valence-electron chi connectivity index (χ4n) is 9.60. The number of anilines is 6. The van der Waals surface area contributed by atoms with Crippen LogP contribution in [0.15, 0.2) is 279 Å². The molecule has 0 aliphatic heterocycles. The summed E-state index contributed by atoms with van der Waals surface area (Å²) in [6, 6.07) is 101. The van der Waals surface area contributed by atoms with Crippen LogP contribution in [-0.4, -0.2) is 0 Å². The van der Waals surface area contributed by atoms with Gasteiger partial charge in [0.1, 0.15) is 0 Å². The van der Waals surface area contributed by atoms with Crippen LogP contribution < -0.4 is 9.80 Å². The van der Waals surface area contributed by atoms with E-state index in [-0.39, 0.29) is 0 Å². The number of hydrogen-bond donors (Lipinski definition) is 0. The molecule has 0 radical (unpaired) electrons. The van der Waals surface area contributed by atoms with E-state index < -0.39 is 0 Å². The quantitative estimate of drug-likeness (QED) is 0.121. The molecule has 0 amide bonds. The summed E-state index contributed by atoms with van der Waals surface area (Å²) >= 11 is 0. The highest BCUT2D eigenvalue weighted by molar-refractivity contribution is 5.84. The lowest BCUT2D eigenvalue weighted by Gasteiger charge is -2.27. The van der Waals surface area contributed by atoms with Crippen molar-refractivity contribution < 1.29 is 0 Å². The van der Waals surface area contributed by atoms with Gasteiger partial charge >= 0.3 is 0 Å². The van der Waals surface area contributed by atoms with Gasteiger partial charge in [-0.05, 0) is 153 Å². The van der Waals surface area contributed by atoms with E-state index >= 15 is 0 Å². The third-order valence-electron chi connectivity index (χ3n) is 13.2.